The molecule has 0 unspecified atom stereocenters. The average molecular weight is 295 g/mol. The Morgan fingerprint density at radius 2 is 2.05 bits per heavy atom. The zero-order valence-electron chi connectivity index (χ0n) is 13.7. The Morgan fingerprint density at radius 3 is 2.55 bits per heavy atom. The topological polar surface area (TPSA) is 29.5 Å². The number of hydrogen-bond acceptors (Lipinski definition) is 2. The standard InChI is InChI=1S/C17H30O2Si/c1-7-17(18)14-8-9-15(17)13(12-14)10-11-19-20(5,6)16(2,3)4/h7,10,14-15,18H,1,8-9,11-12H2,2-6H3/b13-10-/t14-,15+,17-/m0/s1. The van der Waals surface area contributed by atoms with Gasteiger partial charge in [0.2, 0.25) is 0 Å². The van der Waals surface area contributed by atoms with Crippen LogP contribution in [0.15, 0.2) is 24.3 Å². The molecule has 0 aliphatic heterocycles. The summed E-state index contributed by atoms with van der Waals surface area (Å²) >= 11 is 0. The lowest BCUT2D eigenvalue weighted by molar-refractivity contribution is 0.0487. The van der Waals surface area contributed by atoms with E-state index in [4.69, 9.17) is 4.43 Å². The first-order valence-corrected chi connectivity index (χ1v) is 10.7. The van der Waals surface area contributed by atoms with Crippen molar-refractivity contribution in [3.8, 4) is 0 Å². The molecule has 2 nitrogen and oxygen atoms in total. The molecule has 0 aromatic heterocycles. The summed E-state index contributed by atoms with van der Waals surface area (Å²) in [6.07, 6.45) is 7.25. The van der Waals surface area contributed by atoms with Crippen molar-refractivity contribution in [1.82, 2.24) is 0 Å². The van der Waals surface area contributed by atoms with Crippen molar-refractivity contribution in [3.63, 3.8) is 0 Å². The van der Waals surface area contributed by atoms with Gasteiger partial charge in [-0.25, -0.2) is 0 Å². The van der Waals surface area contributed by atoms with E-state index in [0.717, 1.165) is 19.3 Å². The zero-order valence-corrected chi connectivity index (χ0v) is 14.7. The number of aliphatic hydroxyl groups is 1. The highest BCUT2D eigenvalue weighted by atomic mass is 28.4. The molecule has 2 bridgehead atoms. The van der Waals surface area contributed by atoms with Crippen molar-refractivity contribution in [2.45, 2.75) is 63.8 Å². The van der Waals surface area contributed by atoms with Gasteiger partial charge in [0.15, 0.2) is 8.32 Å². The van der Waals surface area contributed by atoms with Gasteiger partial charge in [-0.05, 0) is 43.3 Å². The normalized spacial score (nSPS) is 35.8. The van der Waals surface area contributed by atoms with Crippen LogP contribution < -0.4 is 0 Å². The monoisotopic (exact) mass is 294 g/mol. The van der Waals surface area contributed by atoms with Crippen LogP contribution in [0.3, 0.4) is 0 Å². The van der Waals surface area contributed by atoms with Gasteiger partial charge in [0.1, 0.15) is 0 Å². The second-order valence-electron chi connectivity index (χ2n) is 7.97. The van der Waals surface area contributed by atoms with Gasteiger partial charge in [0.25, 0.3) is 0 Å². The highest BCUT2D eigenvalue weighted by molar-refractivity contribution is 6.74. The molecule has 20 heavy (non-hydrogen) atoms. The number of rotatable bonds is 4. The van der Waals surface area contributed by atoms with E-state index >= 15 is 0 Å². The summed E-state index contributed by atoms with van der Waals surface area (Å²) in [5.41, 5.74) is 0.741. The summed E-state index contributed by atoms with van der Waals surface area (Å²) in [6, 6.07) is 0. The first-order valence-electron chi connectivity index (χ1n) is 7.80. The van der Waals surface area contributed by atoms with Gasteiger partial charge in [-0.15, -0.1) is 6.58 Å². The molecule has 114 valence electrons. The third-order valence-corrected chi connectivity index (χ3v) is 10.4. The lowest BCUT2D eigenvalue weighted by Crippen LogP contribution is -2.40. The molecule has 3 heteroatoms. The highest BCUT2D eigenvalue weighted by Crippen LogP contribution is 2.55. The van der Waals surface area contributed by atoms with Crippen LogP contribution in [0.2, 0.25) is 18.1 Å². The fourth-order valence-corrected chi connectivity index (χ4v) is 4.33. The quantitative estimate of drug-likeness (QED) is 0.619. The predicted molar refractivity (Wildman–Crippen MR) is 87.2 cm³/mol. The molecule has 2 saturated carbocycles. The Kier molecular flexibility index (Phi) is 4.09. The van der Waals surface area contributed by atoms with E-state index < -0.39 is 13.9 Å². The molecular weight excluding hydrogens is 264 g/mol. The number of hydrogen-bond donors (Lipinski definition) is 1. The molecule has 0 amide bonds. The summed E-state index contributed by atoms with van der Waals surface area (Å²) < 4.78 is 6.22. The minimum absolute atomic E-state index is 0.252. The Bertz CT molecular complexity index is 419. The van der Waals surface area contributed by atoms with Crippen LogP contribution in [0.25, 0.3) is 0 Å². The van der Waals surface area contributed by atoms with Gasteiger partial charge in [0.05, 0.1) is 12.2 Å². The minimum Gasteiger partial charge on any atom is -0.413 e. The van der Waals surface area contributed by atoms with E-state index in [0.29, 0.717) is 12.5 Å². The molecule has 0 radical (unpaired) electrons. The van der Waals surface area contributed by atoms with Crippen LogP contribution in [0.5, 0.6) is 0 Å². The van der Waals surface area contributed by atoms with Crippen molar-refractivity contribution in [2.24, 2.45) is 11.8 Å². The van der Waals surface area contributed by atoms with Gasteiger partial charge in [-0.3, -0.25) is 0 Å². The maximum absolute atomic E-state index is 10.7. The molecule has 3 atom stereocenters. The fourth-order valence-electron chi connectivity index (χ4n) is 3.40. The second kappa shape index (κ2) is 5.11. The highest BCUT2D eigenvalue weighted by Gasteiger charge is 2.53. The summed E-state index contributed by atoms with van der Waals surface area (Å²) in [5, 5.41) is 10.9. The Balaban J connectivity index is 2.00. The molecule has 0 saturated heterocycles. The van der Waals surface area contributed by atoms with Crippen LogP contribution in [0.4, 0.5) is 0 Å². The molecule has 0 aromatic rings. The lowest BCUT2D eigenvalue weighted by atomic mass is 9.91. The zero-order chi connectivity index (χ0) is 15.2. The molecule has 0 aromatic carbocycles. The van der Waals surface area contributed by atoms with E-state index in [1.165, 1.54) is 5.57 Å². The Hall–Kier alpha value is -0.383. The van der Waals surface area contributed by atoms with E-state index in [1.54, 1.807) is 6.08 Å². The van der Waals surface area contributed by atoms with Crippen molar-refractivity contribution in [2.75, 3.05) is 6.61 Å². The van der Waals surface area contributed by atoms with E-state index in [2.05, 4.69) is 46.5 Å². The minimum atomic E-state index is -1.67. The molecular formula is C17H30O2Si. The maximum atomic E-state index is 10.7. The Labute approximate surface area is 125 Å². The van der Waals surface area contributed by atoms with E-state index in [9.17, 15) is 5.11 Å². The smallest absolute Gasteiger partial charge is 0.192 e. The van der Waals surface area contributed by atoms with Gasteiger partial charge < -0.3 is 9.53 Å². The van der Waals surface area contributed by atoms with E-state index in [-0.39, 0.29) is 11.0 Å². The fraction of sp³-hybridized carbons (Fsp3) is 0.765. The summed E-state index contributed by atoms with van der Waals surface area (Å²) in [6.45, 7) is 15.9. The molecule has 2 rings (SSSR count). The van der Waals surface area contributed by atoms with Crippen LogP contribution in [0, 0.1) is 11.8 Å². The predicted octanol–water partition coefficient (Wildman–Crippen LogP) is 4.28. The lowest BCUT2D eigenvalue weighted by Gasteiger charge is -2.36. The van der Waals surface area contributed by atoms with Crippen LogP contribution >= 0.6 is 0 Å². The van der Waals surface area contributed by atoms with Crippen molar-refractivity contribution < 1.29 is 9.53 Å². The maximum Gasteiger partial charge on any atom is 0.192 e. The number of fused-ring (bicyclic) bond motifs is 2. The second-order valence-corrected chi connectivity index (χ2v) is 12.8. The van der Waals surface area contributed by atoms with Gasteiger partial charge in [-0.2, -0.15) is 0 Å². The molecule has 2 aliphatic rings. The summed E-state index contributed by atoms with van der Waals surface area (Å²) in [4.78, 5) is 0. The molecule has 0 heterocycles. The largest absolute Gasteiger partial charge is 0.413 e. The third kappa shape index (κ3) is 2.56. The van der Waals surface area contributed by atoms with Crippen LogP contribution in [-0.2, 0) is 4.43 Å². The van der Waals surface area contributed by atoms with Crippen LogP contribution in [0.1, 0.15) is 40.0 Å². The van der Waals surface area contributed by atoms with Crippen molar-refractivity contribution >= 4 is 8.32 Å². The Morgan fingerprint density at radius 1 is 1.40 bits per heavy atom. The van der Waals surface area contributed by atoms with E-state index in [1.807, 2.05) is 0 Å². The summed E-state index contributed by atoms with van der Waals surface area (Å²) in [7, 11) is -1.67. The molecule has 2 fully saturated rings. The SMILES string of the molecule is C=C[C@]1(O)[C@H]2CC[C@@H]1/C(=C\CO[Si](C)(C)C(C)(C)C)C2. The van der Waals surface area contributed by atoms with Crippen molar-refractivity contribution in [3.05, 3.63) is 24.3 Å². The van der Waals surface area contributed by atoms with Gasteiger partial charge in [0, 0.05) is 5.92 Å². The molecule has 2 aliphatic carbocycles. The molecule has 0 spiro atoms. The average Bonchev–Trinajstić information content (AvgIpc) is 2.79. The first kappa shape index (κ1) is 16.0. The summed E-state index contributed by atoms with van der Waals surface area (Å²) in [5.74, 6) is 0.664. The molecule has 1 N–H and O–H groups in total. The first-order chi connectivity index (χ1) is 9.12. The van der Waals surface area contributed by atoms with Crippen molar-refractivity contribution in [1.29, 1.82) is 0 Å². The van der Waals surface area contributed by atoms with Gasteiger partial charge in [-0.1, -0.05) is 38.5 Å². The van der Waals surface area contributed by atoms with Crippen LogP contribution in [-0.4, -0.2) is 25.6 Å². The van der Waals surface area contributed by atoms with Gasteiger partial charge >= 0.3 is 0 Å². The third-order valence-electron chi connectivity index (χ3n) is 5.87.